The Morgan fingerprint density at radius 2 is 1.94 bits per heavy atom. The highest BCUT2D eigenvalue weighted by Crippen LogP contribution is 2.28. The molecule has 18 heavy (non-hydrogen) atoms. The lowest BCUT2D eigenvalue weighted by Gasteiger charge is -2.36. The van der Waals surface area contributed by atoms with Gasteiger partial charge in [-0.25, -0.2) is 4.39 Å². The zero-order valence-corrected chi connectivity index (χ0v) is 12.0. The van der Waals surface area contributed by atoms with Gasteiger partial charge in [0.15, 0.2) is 0 Å². The van der Waals surface area contributed by atoms with Crippen LogP contribution in [0.25, 0.3) is 0 Å². The standard InChI is InChI=1S/C15H25FN2/c1-5-15(6-2,11-17-3)12-18(4)14-9-7-8-13(16)10-14/h7-10,17H,5-6,11-12H2,1-4H3. The molecule has 0 spiro atoms. The van der Waals surface area contributed by atoms with E-state index in [1.807, 2.05) is 20.2 Å². The lowest BCUT2D eigenvalue weighted by Crippen LogP contribution is -2.41. The van der Waals surface area contributed by atoms with E-state index < -0.39 is 0 Å². The number of hydrogen-bond acceptors (Lipinski definition) is 2. The molecule has 0 aliphatic rings. The Balaban J connectivity index is 2.80. The Morgan fingerprint density at radius 3 is 2.44 bits per heavy atom. The highest BCUT2D eigenvalue weighted by atomic mass is 19.1. The monoisotopic (exact) mass is 252 g/mol. The minimum Gasteiger partial charge on any atom is -0.374 e. The number of hydrogen-bond donors (Lipinski definition) is 1. The molecule has 1 N–H and O–H groups in total. The minimum atomic E-state index is -0.174. The normalized spacial score (nSPS) is 11.6. The van der Waals surface area contributed by atoms with Crippen LogP contribution in [-0.4, -0.2) is 27.2 Å². The average Bonchev–Trinajstić information content (AvgIpc) is 2.38. The quantitative estimate of drug-likeness (QED) is 0.801. The molecule has 0 aromatic heterocycles. The Labute approximate surface area is 110 Å². The molecule has 1 aromatic rings. The van der Waals surface area contributed by atoms with Crippen LogP contribution in [-0.2, 0) is 0 Å². The topological polar surface area (TPSA) is 15.3 Å². The molecule has 1 rings (SSSR count). The molecule has 0 amide bonds. The Kier molecular flexibility index (Phi) is 5.60. The van der Waals surface area contributed by atoms with Crippen molar-refractivity contribution in [2.24, 2.45) is 5.41 Å². The van der Waals surface area contributed by atoms with Gasteiger partial charge in [0.25, 0.3) is 0 Å². The smallest absolute Gasteiger partial charge is 0.125 e. The molecule has 3 heteroatoms. The van der Waals surface area contributed by atoms with Gasteiger partial charge in [-0.2, -0.15) is 0 Å². The molecule has 0 aliphatic heterocycles. The Hall–Kier alpha value is -1.09. The van der Waals surface area contributed by atoms with E-state index in [4.69, 9.17) is 0 Å². The summed E-state index contributed by atoms with van der Waals surface area (Å²) in [7, 11) is 4.02. The van der Waals surface area contributed by atoms with Crippen molar-refractivity contribution in [3.8, 4) is 0 Å². The van der Waals surface area contributed by atoms with Crippen molar-refractivity contribution in [2.75, 3.05) is 32.1 Å². The SMILES string of the molecule is CCC(CC)(CNC)CN(C)c1cccc(F)c1. The Morgan fingerprint density at radius 1 is 1.28 bits per heavy atom. The number of nitrogens with one attached hydrogen (secondary N) is 1. The first kappa shape index (κ1) is 15.0. The zero-order chi connectivity index (χ0) is 13.6. The molecule has 0 atom stereocenters. The molecule has 0 bridgehead atoms. The van der Waals surface area contributed by atoms with E-state index in [1.165, 1.54) is 6.07 Å². The van der Waals surface area contributed by atoms with E-state index in [0.29, 0.717) is 0 Å². The van der Waals surface area contributed by atoms with Crippen LogP contribution in [0.2, 0.25) is 0 Å². The van der Waals surface area contributed by atoms with E-state index >= 15 is 0 Å². The van der Waals surface area contributed by atoms with Crippen LogP contribution in [0.5, 0.6) is 0 Å². The van der Waals surface area contributed by atoms with E-state index in [-0.39, 0.29) is 11.2 Å². The third-order valence-corrected chi connectivity index (χ3v) is 3.87. The molecule has 0 saturated carbocycles. The van der Waals surface area contributed by atoms with Crippen molar-refractivity contribution in [1.29, 1.82) is 0 Å². The van der Waals surface area contributed by atoms with E-state index in [9.17, 15) is 4.39 Å². The predicted octanol–water partition coefficient (Wildman–Crippen LogP) is 3.29. The molecule has 0 radical (unpaired) electrons. The van der Waals surface area contributed by atoms with Crippen molar-refractivity contribution in [1.82, 2.24) is 5.32 Å². The first-order valence-electron chi connectivity index (χ1n) is 6.68. The maximum Gasteiger partial charge on any atom is 0.125 e. The first-order valence-corrected chi connectivity index (χ1v) is 6.68. The molecule has 2 nitrogen and oxygen atoms in total. The molecule has 0 fully saturated rings. The summed E-state index contributed by atoms with van der Waals surface area (Å²) in [6.07, 6.45) is 2.23. The van der Waals surface area contributed by atoms with Gasteiger partial charge in [0.1, 0.15) is 5.82 Å². The van der Waals surface area contributed by atoms with Crippen LogP contribution in [0, 0.1) is 11.2 Å². The number of nitrogens with zero attached hydrogens (tertiary/aromatic N) is 1. The fourth-order valence-corrected chi connectivity index (χ4v) is 2.46. The molecule has 0 aliphatic carbocycles. The van der Waals surface area contributed by atoms with Crippen LogP contribution in [0.3, 0.4) is 0 Å². The van der Waals surface area contributed by atoms with Gasteiger partial charge < -0.3 is 10.2 Å². The second-order valence-corrected chi connectivity index (χ2v) is 5.07. The van der Waals surface area contributed by atoms with Crippen LogP contribution >= 0.6 is 0 Å². The minimum absolute atomic E-state index is 0.174. The van der Waals surface area contributed by atoms with Crippen molar-refractivity contribution >= 4 is 5.69 Å². The number of halogens is 1. The van der Waals surface area contributed by atoms with Crippen molar-refractivity contribution < 1.29 is 4.39 Å². The molecule has 102 valence electrons. The lowest BCUT2D eigenvalue weighted by molar-refractivity contribution is 0.262. The van der Waals surface area contributed by atoms with Gasteiger partial charge in [-0.15, -0.1) is 0 Å². The third-order valence-electron chi connectivity index (χ3n) is 3.87. The van der Waals surface area contributed by atoms with Gasteiger partial charge in [0, 0.05) is 25.8 Å². The van der Waals surface area contributed by atoms with Gasteiger partial charge in [-0.3, -0.25) is 0 Å². The van der Waals surface area contributed by atoms with E-state index in [1.54, 1.807) is 12.1 Å². The maximum absolute atomic E-state index is 13.2. The maximum atomic E-state index is 13.2. The summed E-state index contributed by atoms with van der Waals surface area (Å²) in [6.45, 7) is 6.37. The fourth-order valence-electron chi connectivity index (χ4n) is 2.46. The molecular formula is C15H25FN2. The van der Waals surface area contributed by atoms with E-state index in [2.05, 4.69) is 24.1 Å². The number of rotatable bonds is 7. The van der Waals surface area contributed by atoms with E-state index in [0.717, 1.165) is 31.6 Å². The van der Waals surface area contributed by atoms with Gasteiger partial charge >= 0.3 is 0 Å². The fraction of sp³-hybridized carbons (Fsp3) is 0.600. The summed E-state index contributed by atoms with van der Waals surface area (Å²) >= 11 is 0. The summed E-state index contributed by atoms with van der Waals surface area (Å²) in [4.78, 5) is 2.15. The van der Waals surface area contributed by atoms with Gasteiger partial charge in [0.05, 0.1) is 0 Å². The average molecular weight is 252 g/mol. The second kappa shape index (κ2) is 6.74. The van der Waals surface area contributed by atoms with Crippen molar-refractivity contribution in [3.63, 3.8) is 0 Å². The van der Waals surface area contributed by atoms with Crippen molar-refractivity contribution in [3.05, 3.63) is 30.1 Å². The molecule has 1 aromatic carbocycles. The van der Waals surface area contributed by atoms with Gasteiger partial charge in [-0.05, 0) is 43.5 Å². The lowest BCUT2D eigenvalue weighted by atomic mass is 9.81. The van der Waals surface area contributed by atoms with Crippen molar-refractivity contribution in [2.45, 2.75) is 26.7 Å². The van der Waals surface area contributed by atoms with Crippen LogP contribution in [0.4, 0.5) is 10.1 Å². The van der Waals surface area contributed by atoms with Gasteiger partial charge in [-0.1, -0.05) is 19.9 Å². The van der Waals surface area contributed by atoms with Gasteiger partial charge in [0.2, 0.25) is 0 Å². The van der Waals surface area contributed by atoms with Crippen LogP contribution < -0.4 is 10.2 Å². The summed E-state index contributed by atoms with van der Waals surface area (Å²) < 4.78 is 13.2. The summed E-state index contributed by atoms with van der Waals surface area (Å²) in [5.74, 6) is -0.174. The summed E-state index contributed by atoms with van der Waals surface area (Å²) in [5, 5.41) is 3.28. The number of anilines is 1. The zero-order valence-electron chi connectivity index (χ0n) is 12.0. The third kappa shape index (κ3) is 3.70. The largest absolute Gasteiger partial charge is 0.374 e. The highest BCUT2D eigenvalue weighted by Gasteiger charge is 2.27. The molecule has 0 saturated heterocycles. The van der Waals surface area contributed by atoms with Crippen LogP contribution in [0.1, 0.15) is 26.7 Å². The summed E-state index contributed by atoms with van der Waals surface area (Å²) in [5.41, 5.74) is 1.19. The molecule has 0 heterocycles. The Bertz CT molecular complexity index is 361. The van der Waals surface area contributed by atoms with Crippen LogP contribution in [0.15, 0.2) is 24.3 Å². The summed E-state index contributed by atoms with van der Waals surface area (Å²) in [6, 6.07) is 6.80. The second-order valence-electron chi connectivity index (χ2n) is 5.07. The number of benzene rings is 1. The predicted molar refractivity (Wildman–Crippen MR) is 76.6 cm³/mol. The molecule has 0 unspecified atom stereocenters. The first-order chi connectivity index (χ1) is 8.56. The highest BCUT2D eigenvalue weighted by molar-refractivity contribution is 5.45. The molecular weight excluding hydrogens is 227 g/mol.